The molecule has 0 aliphatic carbocycles. The van der Waals surface area contributed by atoms with Crippen LogP contribution in [0.1, 0.15) is 30.6 Å². The lowest BCUT2D eigenvalue weighted by Gasteiger charge is -2.10. The molecule has 0 saturated heterocycles. The van der Waals surface area contributed by atoms with Crippen molar-refractivity contribution in [2.45, 2.75) is 20.3 Å². The van der Waals surface area contributed by atoms with E-state index in [0.717, 1.165) is 6.42 Å². The number of hydrogen-bond donors (Lipinski definition) is 2. The van der Waals surface area contributed by atoms with E-state index in [1.165, 1.54) is 12.1 Å². The van der Waals surface area contributed by atoms with Gasteiger partial charge in [-0.2, -0.15) is 0 Å². The van der Waals surface area contributed by atoms with Crippen LogP contribution in [0.4, 0.5) is 0 Å². The third-order valence-electron chi connectivity index (χ3n) is 2.33. The molecule has 0 fully saturated rings. The SMILES string of the molecule is CCC(C)COc1ccc(C(=O)O)c(=O)[nH]1. The molecule has 0 aromatic carbocycles. The Morgan fingerprint density at radius 1 is 1.56 bits per heavy atom. The minimum absolute atomic E-state index is 0.282. The van der Waals surface area contributed by atoms with E-state index in [2.05, 4.69) is 4.98 Å². The number of nitrogens with one attached hydrogen (secondary N) is 1. The average molecular weight is 225 g/mol. The molecule has 0 aliphatic rings. The molecule has 0 amide bonds. The highest BCUT2D eigenvalue weighted by Crippen LogP contribution is 2.07. The fourth-order valence-electron chi connectivity index (χ4n) is 1.06. The second-order valence-electron chi connectivity index (χ2n) is 3.69. The van der Waals surface area contributed by atoms with E-state index in [1.54, 1.807) is 0 Å². The van der Waals surface area contributed by atoms with Gasteiger partial charge in [-0.25, -0.2) is 4.79 Å². The molecular weight excluding hydrogens is 210 g/mol. The lowest BCUT2D eigenvalue weighted by molar-refractivity contribution is 0.0695. The molecule has 0 saturated carbocycles. The van der Waals surface area contributed by atoms with E-state index in [0.29, 0.717) is 18.4 Å². The van der Waals surface area contributed by atoms with Crippen molar-refractivity contribution in [1.82, 2.24) is 4.98 Å². The predicted molar refractivity (Wildman–Crippen MR) is 59.0 cm³/mol. The van der Waals surface area contributed by atoms with Gasteiger partial charge in [0.25, 0.3) is 5.56 Å². The van der Waals surface area contributed by atoms with Crippen molar-refractivity contribution in [2.24, 2.45) is 5.92 Å². The van der Waals surface area contributed by atoms with Crippen LogP contribution in [-0.2, 0) is 0 Å². The first-order valence-corrected chi connectivity index (χ1v) is 5.14. The van der Waals surface area contributed by atoms with Crippen LogP contribution in [0.3, 0.4) is 0 Å². The van der Waals surface area contributed by atoms with Crippen LogP contribution in [0.25, 0.3) is 0 Å². The van der Waals surface area contributed by atoms with E-state index in [1.807, 2.05) is 13.8 Å². The summed E-state index contributed by atoms with van der Waals surface area (Å²) in [4.78, 5) is 24.2. The van der Waals surface area contributed by atoms with E-state index in [9.17, 15) is 9.59 Å². The summed E-state index contributed by atoms with van der Waals surface area (Å²) in [5, 5.41) is 8.65. The summed E-state index contributed by atoms with van der Waals surface area (Å²) in [6, 6.07) is 2.69. The fraction of sp³-hybridized carbons (Fsp3) is 0.455. The number of H-pyrrole nitrogens is 1. The Morgan fingerprint density at radius 2 is 2.25 bits per heavy atom. The zero-order valence-electron chi connectivity index (χ0n) is 9.32. The molecule has 1 aromatic rings. The molecule has 2 N–H and O–H groups in total. The Kier molecular flexibility index (Phi) is 4.10. The van der Waals surface area contributed by atoms with Crippen molar-refractivity contribution < 1.29 is 14.6 Å². The summed E-state index contributed by atoms with van der Waals surface area (Å²) in [7, 11) is 0. The van der Waals surface area contributed by atoms with Gasteiger partial charge in [-0.1, -0.05) is 20.3 Å². The largest absolute Gasteiger partial charge is 0.479 e. The van der Waals surface area contributed by atoms with Gasteiger partial charge in [0.15, 0.2) is 5.88 Å². The van der Waals surface area contributed by atoms with Crippen molar-refractivity contribution in [3.63, 3.8) is 0 Å². The van der Waals surface area contributed by atoms with Gasteiger partial charge in [0.2, 0.25) is 0 Å². The van der Waals surface area contributed by atoms with Crippen molar-refractivity contribution >= 4 is 5.97 Å². The van der Waals surface area contributed by atoms with Crippen LogP contribution in [0.2, 0.25) is 0 Å². The Hall–Kier alpha value is -1.78. The van der Waals surface area contributed by atoms with Gasteiger partial charge < -0.3 is 9.84 Å². The Bertz CT molecular complexity index is 424. The number of pyridine rings is 1. The van der Waals surface area contributed by atoms with Crippen LogP contribution in [0.5, 0.6) is 5.88 Å². The third-order valence-corrected chi connectivity index (χ3v) is 2.33. The van der Waals surface area contributed by atoms with Gasteiger partial charge in [-0.15, -0.1) is 0 Å². The Morgan fingerprint density at radius 3 is 2.75 bits per heavy atom. The van der Waals surface area contributed by atoms with Gasteiger partial charge in [-0.05, 0) is 18.1 Å². The normalized spacial score (nSPS) is 12.1. The van der Waals surface area contributed by atoms with E-state index in [-0.39, 0.29) is 5.56 Å². The summed E-state index contributed by atoms with van der Waals surface area (Å²) in [6.45, 7) is 4.58. The maximum absolute atomic E-state index is 11.3. The average Bonchev–Trinajstić information content (AvgIpc) is 2.25. The molecule has 1 unspecified atom stereocenters. The minimum atomic E-state index is -1.24. The predicted octanol–water partition coefficient (Wildman–Crippen LogP) is 1.50. The van der Waals surface area contributed by atoms with Gasteiger partial charge in [0.05, 0.1) is 6.61 Å². The monoisotopic (exact) mass is 225 g/mol. The second kappa shape index (κ2) is 5.34. The smallest absolute Gasteiger partial charge is 0.341 e. The molecule has 0 spiro atoms. The van der Waals surface area contributed by atoms with Gasteiger partial charge in [0.1, 0.15) is 5.56 Å². The number of carboxylic acids is 1. The molecule has 1 rings (SSSR count). The Balaban J connectivity index is 2.74. The molecule has 5 heteroatoms. The lowest BCUT2D eigenvalue weighted by atomic mass is 10.1. The molecule has 0 aliphatic heterocycles. The molecule has 1 heterocycles. The first-order valence-electron chi connectivity index (χ1n) is 5.14. The number of hydrogen-bond acceptors (Lipinski definition) is 3. The summed E-state index contributed by atoms with van der Waals surface area (Å²) >= 11 is 0. The lowest BCUT2D eigenvalue weighted by Crippen LogP contribution is -2.18. The fourth-order valence-corrected chi connectivity index (χ4v) is 1.06. The molecule has 0 radical (unpaired) electrons. The van der Waals surface area contributed by atoms with Crippen molar-refractivity contribution in [3.05, 3.63) is 28.0 Å². The number of aromatic carboxylic acids is 1. The zero-order chi connectivity index (χ0) is 12.1. The molecule has 1 atom stereocenters. The highest BCUT2D eigenvalue weighted by molar-refractivity contribution is 5.87. The highest BCUT2D eigenvalue weighted by atomic mass is 16.5. The summed E-state index contributed by atoms with van der Waals surface area (Å²) in [6.07, 6.45) is 0.984. The van der Waals surface area contributed by atoms with E-state index >= 15 is 0 Å². The minimum Gasteiger partial charge on any atom is -0.479 e. The second-order valence-corrected chi connectivity index (χ2v) is 3.69. The van der Waals surface area contributed by atoms with Crippen LogP contribution >= 0.6 is 0 Å². The molecule has 0 bridgehead atoms. The number of carboxylic acid groups (broad SMARTS) is 1. The third kappa shape index (κ3) is 3.12. The molecule has 1 aromatic heterocycles. The number of rotatable bonds is 5. The number of carbonyl (C=O) groups is 1. The maximum atomic E-state index is 11.3. The van der Waals surface area contributed by atoms with Crippen molar-refractivity contribution in [1.29, 1.82) is 0 Å². The summed E-state index contributed by atoms with van der Waals surface area (Å²) in [5.74, 6) is -0.548. The Labute approximate surface area is 93.1 Å². The first kappa shape index (κ1) is 12.3. The zero-order valence-corrected chi connectivity index (χ0v) is 9.32. The number of aromatic amines is 1. The molecule has 16 heavy (non-hydrogen) atoms. The quantitative estimate of drug-likeness (QED) is 0.795. The topological polar surface area (TPSA) is 79.4 Å². The number of ether oxygens (including phenoxy) is 1. The molecular formula is C11H15NO4. The van der Waals surface area contributed by atoms with Crippen LogP contribution in [0.15, 0.2) is 16.9 Å². The van der Waals surface area contributed by atoms with Crippen LogP contribution in [-0.4, -0.2) is 22.7 Å². The van der Waals surface area contributed by atoms with E-state index < -0.39 is 11.5 Å². The molecule has 5 nitrogen and oxygen atoms in total. The molecule has 88 valence electrons. The summed E-state index contributed by atoms with van der Waals surface area (Å²) in [5.41, 5.74) is -0.926. The van der Waals surface area contributed by atoms with Gasteiger partial charge >= 0.3 is 5.97 Å². The van der Waals surface area contributed by atoms with Crippen molar-refractivity contribution in [2.75, 3.05) is 6.61 Å². The first-order chi connectivity index (χ1) is 7.54. The van der Waals surface area contributed by atoms with Crippen LogP contribution < -0.4 is 10.3 Å². The highest BCUT2D eigenvalue weighted by Gasteiger charge is 2.09. The van der Waals surface area contributed by atoms with Gasteiger partial charge in [0, 0.05) is 0 Å². The van der Waals surface area contributed by atoms with Crippen molar-refractivity contribution in [3.8, 4) is 5.88 Å². The number of aromatic nitrogens is 1. The maximum Gasteiger partial charge on any atom is 0.341 e. The van der Waals surface area contributed by atoms with Crippen LogP contribution in [0, 0.1) is 5.92 Å². The standard InChI is InChI=1S/C11H15NO4/c1-3-7(2)6-16-9-5-4-8(11(14)15)10(13)12-9/h4-5,7H,3,6H2,1-2H3,(H,12,13)(H,14,15). The summed E-state index contributed by atoms with van der Waals surface area (Å²) < 4.78 is 5.33. The van der Waals surface area contributed by atoms with Gasteiger partial charge in [-0.3, -0.25) is 9.78 Å². The van der Waals surface area contributed by atoms with E-state index in [4.69, 9.17) is 9.84 Å².